The number of nitrogens with zero attached hydrogens (tertiary/aromatic N) is 1. The molecule has 1 aromatic rings. The topological polar surface area (TPSA) is 32.3 Å². The molecule has 4 heteroatoms. The molecule has 2 heterocycles. The number of nitrogens with one attached hydrogen (secondary N) is 1. The Hall–Kier alpha value is -1.06. The molecule has 1 unspecified atom stereocenters. The van der Waals surface area contributed by atoms with Crippen molar-refractivity contribution >= 4 is 18.3 Å². The molecule has 20 heavy (non-hydrogen) atoms. The second kappa shape index (κ2) is 7.09. The van der Waals surface area contributed by atoms with Crippen LogP contribution in [0.25, 0.3) is 0 Å². The van der Waals surface area contributed by atoms with Gasteiger partial charge in [0.25, 0.3) is 0 Å². The van der Waals surface area contributed by atoms with Gasteiger partial charge in [-0.1, -0.05) is 36.8 Å². The van der Waals surface area contributed by atoms with Crippen LogP contribution in [0, 0.1) is 0 Å². The number of rotatable bonds is 2. The molecule has 0 aromatic heterocycles. The minimum absolute atomic E-state index is 0. The van der Waals surface area contributed by atoms with Crippen molar-refractivity contribution in [3.8, 4) is 0 Å². The Morgan fingerprint density at radius 3 is 2.65 bits per heavy atom. The predicted molar refractivity (Wildman–Crippen MR) is 83.3 cm³/mol. The molecule has 1 aromatic carbocycles. The Morgan fingerprint density at radius 2 is 1.95 bits per heavy atom. The van der Waals surface area contributed by atoms with E-state index in [2.05, 4.69) is 34.5 Å². The van der Waals surface area contributed by atoms with Crippen molar-refractivity contribution in [1.29, 1.82) is 0 Å². The first-order valence-corrected chi connectivity index (χ1v) is 7.42. The summed E-state index contributed by atoms with van der Waals surface area (Å²) < 4.78 is 0. The number of hydrogen-bond acceptors (Lipinski definition) is 2. The van der Waals surface area contributed by atoms with Crippen LogP contribution in [0.3, 0.4) is 0 Å². The fraction of sp³-hybridized carbons (Fsp3) is 0.562. The third-order valence-electron chi connectivity index (χ3n) is 4.38. The van der Waals surface area contributed by atoms with Crippen LogP contribution in [0.5, 0.6) is 0 Å². The fourth-order valence-electron chi connectivity index (χ4n) is 3.24. The van der Waals surface area contributed by atoms with E-state index in [0.29, 0.717) is 11.8 Å². The Kier molecular flexibility index (Phi) is 5.44. The van der Waals surface area contributed by atoms with Gasteiger partial charge < -0.3 is 10.2 Å². The van der Waals surface area contributed by atoms with Gasteiger partial charge in [0.2, 0.25) is 5.91 Å². The zero-order valence-electron chi connectivity index (χ0n) is 11.8. The summed E-state index contributed by atoms with van der Waals surface area (Å²) in [6.07, 6.45) is 4.49. The first-order valence-electron chi connectivity index (χ1n) is 7.42. The number of piperidine rings is 1. The van der Waals surface area contributed by atoms with Gasteiger partial charge in [-0.25, -0.2) is 0 Å². The predicted octanol–water partition coefficient (Wildman–Crippen LogP) is 2.57. The molecule has 2 aliphatic rings. The summed E-state index contributed by atoms with van der Waals surface area (Å²) in [6, 6.07) is 10.6. The summed E-state index contributed by atoms with van der Waals surface area (Å²) in [6.45, 7) is 2.80. The van der Waals surface area contributed by atoms with Gasteiger partial charge in [-0.15, -0.1) is 12.4 Å². The number of amides is 1. The number of halogens is 1. The van der Waals surface area contributed by atoms with Gasteiger partial charge in [0.05, 0.1) is 6.04 Å². The van der Waals surface area contributed by atoms with Gasteiger partial charge >= 0.3 is 0 Å². The minimum Gasteiger partial charge on any atom is -0.341 e. The van der Waals surface area contributed by atoms with Crippen molar-refractivity contribution in [2.45, 2.75) is 37.6 Å². The van der Waals surface area contributed by atoms with Crippen molar-refractivity contribution in [2.75, 3.05) is 19.6 Å². The van der Waals surface area contributed by atoms with E-state index in [1.165, 1.54) is 18.4 Å². The fourth-order valence-corrected chi connectivity index (χ4v) is 3.24. The lowest BCUT2D eigenvalue weighted by Crippen LogP contribution is -2.47. The lowest BCUT2D eigenvalue weighted by atomic mass is 9.99. The van der Waals surface area contributed by atoms with E-state index in [1.54, 1.807) is 0 Å². The van der Waals surface area contributed by atoms with Crippen molar-refractivity contribution in [1.82, 2.24) is 10.2 Å². The van der Waals surface area contributed by atoms with Gasteiger partial charge in [0, 0.05) is 19.0 Å². The maximum absolute atomic E-state index is 12.4. The molecule has 0 spiro atoms. The molecular formula is C16H23ClN2O. The zero-order valence-corrected chi connectivity index (χ0v) is 12.6. The van der Waals surface area contributed by atoms with Gasteiger partial charge in [0.1, 0.15) is 0 Å². The second-order valence-corrected chi connectivity index (χ2v) is 5.68. The molecule has 2 saturated heterocycles. The number of carbonyl (C=O) groups is 1. The van der Waals surface area contributed by atoms with Crippen LogP contribution < -0.4 is 5.32 Å². The summed E-state index contributed by atoms with van der Waals surface area (Å²) in [4.78, 5) is 14.5. The Balaban J connectivity index is 0.00000147. The quantitative estimate of drug-likeness (QED) is 0.909. The van der Waals surface area contributed by atoms with E-state index in [4.69, 9.17) is 0 Å². The van der Waals surface area contributed by atoms with Crippen LogP contribution in [0.1, 0.15) is 37.2 Å². The van der Waals surface area contributed by atoms with Crippen molar-refractivity contribution in [3.05, 3.63) is 35.9 Å². The second-order valence-electron chi connectivity index (χ2n) is 5.68. The van der Waals surface area contributed by atoms with E-state index >= 15 is 0 Å². The van der Waals surface area contributed by atoms with Crippen molar-refractivity contribution in [2.24, 2.45) is 0 Å². The normalized spacial score (nSPS) is 26.1. The molecule has 110 valence electrons. The summed E-state index contributed by atoms with van der Waals surface area (Å²) in [5.41, 5.74) is 1.37. The largest absolute Gasteiger partial charge is 0.341 e. The Morgan fingerprint density at radius 1 is 1.15 bits per heavy atom. The standard InChI is InChI=1S/C16H22N2O.ClH/c19-16(15-8-4-5-10-17-15)18-11-9-14(12-18)13-6-2-1-3-7-13;/h1-3,6-7,14-15,17H,4-5,8-12H2;1H/t14?,15-;/m1./s1. The molecule has 0 radical (unpaired) electrons. The zero-order chi connectivity index (χ0) is 13.1. The van der Waals surface area contributed by atoms with E-state index in [0.717, 1.165) is 32.5 Å². The average Bonchev–Trinajstić information content (AvgIpc) is 2.98. The summed E-state index contributed by atoms with van der Waals surface area (Å²) in [5.74, 6) is 0.840. The van der Waals surface area contributed by atoms with Gasteiger partial charge in [-0.3, -0.25) is 4.79 Å². The molecule has 2 atom stereocenters. The highest BCUT2D eigenvalue weighted by molar-refractivity contribution is 5.85. The molecule has 2 fully saturated rings. The number of likely N-dealkylation sites (tertiary alicyclic amines) is 1. The van der Waals surface area contributed by atoms with Crippen LogP contribution in [0.2, 0.25) is 0 Å². The first-order chi connectivity index (χ1) is 9.34. The van der Waals surface area contributed by atoms with E-state index in [9.17, 15) is 4.79 Å². The number of hydrogen-bond donors (Lipinski definition) is 1. The van der Waals surface area contributed by atoms with Gasteiger partial charge in [-0.05, 0) is 31.4 Å². The highest BCUT2D eigenvalue weighted by Gasteiger charge is 2.31. The average molecular weight is 295 g/mol. The van der Waals surface area contributed by atoms with Crippen LogP contribution in [0.4, 0.5) is 0 Å². The molecule has 1 amide bonds. The highest BCUT2D eigenvalue weighted by atomic mass is 35.5. The third-order valence-corrected chi connectivity index (χ3v) is 4.38. The highest BCUT2D eigenvalue weighted by Crippen LogP contribution is 2.27. The molecule has 3 nitrogen and oxygen atoms in total. The number of carbonyl (C=O) groups excluding carboxylic acids is 1. The molecule has 2 aliphatic heterocycles. The lowest BCUT2D eigenvalue weighted by Gasteiger charge is -2.27. The first kappa shape index (κ1) is 15.3. The third kappa shape index (κ3) is 3.33. The Bertz CT molecular complexity index is 431. The maximum Gasteiger partial charge on any atom is 0.239 e. The summed E-state index contributed by atoms with van der Waals surface area (Å²) >= 11 is 0. The van der Waals surface area contributed by atoms with Crippen LogP contribution >= 0.6 is 12.4 Å². The molecule has 1 N–H and O–H groups in total. The molecule has 0 saturated carbocycles. The minimum atomic E-state index is 0. The number of benzene rings is 1. The van der Waals surface area contributed by atoms with Crippen molar-refractivity contribution in [3.63, 3.8) is 0 Å². The van der Waals surface area contributed by atoms with Crippen molar-refractivity contribution < 1.29 is 4.79 Å². The molecule has 0 aliphatic carbocycles. The Labute approximate surface area is 127 Å². The molecule has 0 bridgehead atoms. The van der Waals surface area contributed by atoms with Gasteiger partial charge in [0.15, 0.2) is 0 Å². The summed E-state index contributed by atoms with van der Waals surface area (Å²) in [7, 11) is 0. The van der Waals surface area contributed by atoms with Crippen LogP contribution in [-0.4, -0.2) is 36.5 Å². The summed E-state index contributed by atoms with van der Waals surface area (Å²) in [5, 5.41) is 3.36. The van der Waals surface area contributed by atoms with E-state index in [-0.39, 0.29) is 18.4 Å². The smallest absolute Gasteiger partial charge is 0.239 e. The van der Waals surface area contributed by atoms with Crippen LogP contribution in [-0.2, 0) is 4.79 Å². The van der Waals surface area contributed by atoms with E-state index in [1.807, 2.05) is 6.07 Å². The van der Waals surface area contributed by atoms with Gasteiger partial charge in [-0.2, -0.15) is 0 Å². The molecule has 3 rings (SSSR count). The monoisotopic (exact) mass is 294 g/mol. The lowest BCUT2D eigenvalue weighted by molar-refractivity contribution is -0.133. The van der Waals surface area contributed by atoms with Crippen LogP contribution in [0.15, 0.2) is 30.3 Å². The maximum atomic E-state index is 12.4. The molecular weight excluding hydrogens is 272 g/mol. The van der Waals surface area contributed by atoms with E-state index < -0.39 is 0 Å². The SMILES string of the molecule is Cl.O=C([C@H]1CCCCN1)N1CCC(c2ccccc2)C1.